The third kappa shape index (κ3) is 2.78. The fourth-order valence-electron chi connectivity index (χ4n) is 3.56. The van der Waals surface area contributed by atoms with Gasteiger partial charge in [-0.2, -0.15) is 0 Å². The molecule has 3 unspecified atom stereocenters. The molecule has 1 N–H and O–H groups in total. The van der Waals surface area contributed by atoms with E-state index in [2.05, 4.69) is 45.1 Å². The summed E-state index contributed by atoms with van der Waals surface area (Å²) in [5, 5.41) is 3.70. The van der Waals surface area contributed by atoms with Crippen LogP contribution in [-0.4, -0.2) is 37.1 Å². The predicted octanol–water partition coefficient (Wildman–Crippen LogP) is 2.89. The van der Waals surface area contributed by atoms with Gasteiger partial charge in [-0.15, -0.1) is 0 Å². The molecule has 2 heteroatoms. The van der Waals surface area contributed by atoms with Gasteiger partial charge in [0.1, 0.15) is 0 Å². The maximum Gasteiger partial charge on any atom is 0.0358 e. The van der Waals surface area contributed by atoms with Crippen LogP contribution in [0.25, 0.3) is 0 Å². The largest absolute Gasteiger partial charge is 0.312 e. The van der Waals surface area contributed by atoms with Crippen molar-refractivity contribution in [1.29, 1.82) is 0 Å². The second-order valence-corrected chi connectivity index (χ2v) is 5.72. The third-order valence-electron chi connectivity index (χ3n) is 4.41. The molecular weight excluding hydrogens is 196 g/mol. The summed E-state index contributed by atoms with van der Waals surface area (Å²) in [6, 6.07) is 0.648. The van der Waals surface area contributed by atoms with Gasteiger partial charge in [-0.3, -0.25) is 0 Å². The minimum atomic E-state index is 0.391. The third-order valence-corrected chi connectivity index (χ3v) is 4.41. The molecule has 0 aromatic rings. The molecule has 96 valence electrons. The van der Waals surface area contributed by atoms with E-state index < -0.39 is 0 Å². The fraction of sp³-hybridized carbons (Fsp3) is 1.00. The molecular formula is C14H30N2. The molecule has 2 nitrogen and oxygen atoms in total. The highest BCUT2D eigenvalue weighted by Gasteiger charge is 2.42. The maximum atomic E-state index is 3.70. The molecule has 0 aliphatic heterocycles. The molecule has 0 bridgehead atoms. The van der Waals surface area contributed by atoms with Gasteiger partial charge in [-0.1, -0.05) is 33.6 Å². The lowest BCUT2D eigenvalue weighted by molar-refractivity contribution is 0.0365. The molecule has 3 atom stereocenters. The van der Waals surface area contributed by atoms with Crippen molar-refractivity contribution in [1.82, 2.24) is 10.2 Å². The van der Waals surface area contributed by atoms with Crippen molar-refractivity contribution in [2.75, 3.05) is 20.6 Å². The van der Waals surface area contributed by atoms with Gasteiger partial charge in [0.25, 0.3) is 0 Å². The minimum Gasteiger partial charge on any atom is -0.312 e. The van der Waals surface area contributed by atoms with E-state index in [0.717, 1.165) is 12.5 Å². The van der Waals surface area contributed by atoms with Crippen LogP contribution in [0.15, 0.2) is 0 Å². The molecule has 0 aromatic heterocycles. The van der Waals surface area contributed by atoms with Crippen LogP contribution in [0.1, 0.15) is 52.9 Å². The summed E-state index contributed by atoms with van der Waals surface area (Å²) in [7, 11) is 4.52. The average Bonchev–Trinajstić information content (AvgIpc) is 2.25. The molecule has 1 aliphatic carbocycles. The first kappa shape index (κ1) is 14.0. The van der Waals surface area contributed by atoms with Crippen LogP contribution in [0, 0.1) is 5.92 Å². The van der Waals surface area contributed by atoms with Crippen molar-refractivity contribution in [3.8, 4) is 0 Å². The Morgan fingerprint density at radius 3 is 2.50 bits per heavy atom. The summed E-state index contributed by atoms with van der Waals surface area (Å²) in [6.45, 7) is 8.04. The molecule has 0 radical (unpaired) electrons. The van der Waals surface area contributed by atoms with Crippen molar-refractivity contribution in [2.45, 2.75) is 64.5 Å². The van der Waals surface area contributed by atoms with Crippen molar-refractivity contribution in [2.24, 2.45) is 5.92 Å². The lowest BCUT2D eigenvalue weighted by atomic mass is 9.70. The van der Waals surface area contributed by atoms with E-state index in [0.29, 0.717) is 11.6 Å². The molecule has 1 fully saturated rings. The van der Waals surface area contributed by atoms with Crippen LogP contribution in [0.5, 0.6) is 0 Å². The van der Waals surface area contributed by atoms with Crippen LogP contribution >= 0.6 is 0 Å². The van der Waals surface area contributed by atoms with Gasteiger partial charge >= 0.3 is 0 Å². The lowest BCUT2D eigenvalue weighted by Gasteiger charge is -2.50. The standard InChI is InChI=1S/C14H30N2/c1-6-13(15-7-2)14(16(4)5)10-8-9-12(3)11-14/h12-13,15H,6-11H2,1-5H3. The van der Waals surface area contributed by atoms with E-state index in [1.807, 2.05) is 0 Å². The van der Waals surface area contributed by atoms with E-state index in [9.17, 15) is 0 Å². The van der Waals surface area contributed by atoms with Gasteiger partial charge in [0, 0.05) is 11.6 Å². The van der Waals surface area contributed by atoms with Crippen LogP contribution in [-0.2, 0) is 0 Å². The summed E-state index contributed by atoms with van der Waals surface area (Å²) in [4.78, 5) is 2.49. The summed E-state index contributed by atoms with van der Waals surface area (Å²) >= 11 is 0. The normalized spacial score (nSPS) is 33.0. The van der Waals surface area contributed by atoms with E-state index >= 15 is 0 Å². The zero-order chi connectivity index (χ0) is 12.2. The Bertz CT molecular complexity index is 203. The highest BCUT2D eigenvalue weighted by atomic mass is 15.2. The first-order valence-electron chi connectivity index (χ1n) is 6.97. The molecule has 1 aliphatic rings. The number of nitrogens with zero attached hydrogens (tertiary/aromatic N) is 1. The van der Waals surface area contributed by atoms with Crippen molar-refractivity contribution >= 4 is 0 Å². The highest BCUT2D eigenvalue weighted by molar-refractivity contribution is 5.01. The van der Waals surface area contributed by atoms with Crippen LogP contribution in [0.4, 0.5) is 0 Å². The number of hydrogen-bond donors (Lipinski definition) is 1. The van der Waals surface area contributed by atoms with Crippen molar-refractivity contribution in [3.05, 3.63) is 0 Å². The summed E-state index contributed by atoms with van der Waals surface area (Å²) in [5.41, 5.74) is 0.391. The second-order valence-electron chi connectivity index (χ2n) is 5.72. The summed E-state index contributed by atoms with van der Waals surface area (Å²) < 4.78 is 0. The Morgan fingerprint density at radius 2 is 2.06 bits per heavy atom. The topological polar surface area (TPSA) is 15.3 Å². The highest BCUT2D eigenvalue weighted by Crippen LogP contribution is 2.38. The van der Waals surface area contributed by atoms with E-state index in [-0.39, 0.29) is 0 Å². The quantitative estimate of drug-likeness (QED) is 0.775. The Hall–Kier alpha value is -0.0800. The second kappa shape index (κ2) is 6.02. The molecule has 0 spiro atoms. The lowest BCUT2D eigenvalue weighted by Crippen LogP contribution is -2.60. The SMILES string of the molecule is CCNC(CC)C1(N(C)C)CCCC(C)C1. The average molecular weight is 226 g/mol. The zero-order valence-corrected chi connectivity index (χ0v) is 11.8. The number of hydrogen-bond acceptors (Lipinski definition) is 2. The number of likely N-dealkylation sites (N-methyl/N-ethyl adjacent to an activating group) is 2. The summed E-state index contributed by atoms with van der Waals surface area (Å²) in [5.74, 6) is 0.879. The van der Waals surface area contributed by atoms with Gasteiger partial charge in [0.05, 0.1) is 0 Å². The van der Waals surface area contributed by atoms with E-state index in [4.69, 9.17) is 0 Å². The molecule has 0 amide bonds. The Balaban J connectivity index is 2.84. The van der Waals surface area contributed by atoms with Crippen LogP contribution < -0.4 is 5.32 Å². The van der Waals surface area contributed by atoms with Gasteiger partial charge in [-0.25, -0.2) is 0 Å². The molecule has 0 saturated heterocycles. The van der Waals surface area contributed by atoms with Gasteiger partial charge in [0.15, 0.2) is 0 Å². The van der Waals surface area contributed by atoms with Gasteiger partial charge in [0.2, 0.25) is 0 Å². The maximum absolute atomic E-state index is 3.70. The Kier molecular flexibility index (Phi) is 5.26. The monoisotopic (exact) mass is 226 g/mol. The van der Waals surface area contributed by atoms with E-state index in [1.54, 1.807) is 0 Å². The van der Waals surface area contributed by atoms with Gasteiger partial charge < -0.3 is 10.2 Å². The van der Waals surface area contributed by atoms with Crippen LogP contribution in [0.3, 0.4) is 0 Å². The van der Waals surface area contributed by atoms with Crippen LogP contribution in [0.2, 0.25) is 0 Å². The van der Waals surface area contributed by atoms with E-state index in [1.165, 1.54) is 32.1 Å². The molecule has 1 rings (SSSR count). The first-order chi connectivity index (χ1) is 7.56. The first-order valence-corrected chi connectivity index (χ1v) is 6.97. The minimum absolute atomic E-state index is 0.391. The van der Waals surface area contributed by atoms with Gasteiger partial charge in [-0.05, 0) is 45.8 Å². The van der Waals surface area contributed by atoms with Crippen molar-refractivity contribution in [3.63, 3.8) is 0 Å². The fourth-order valence-corrected chi connectivity index (χ4v) is 3.56. The number of rotatable bonds is 5. The number of nitrogens with one attached hydrogen (secondary N) is 1. The predicted molar refractivity (Wildman–Crippen MR) is 71.8 cm³/mol. The molecule has 0 aromatic carbocycles. The summed E-state index contributed by atoms with van der Waals surface area (Å²) in [6.07, 6.45) is 6.75. The Morgan fingerprint density at radius 1 is 1.38 bits per heavy atom. The zero-order valence-electron chi connectivity index (χ0n) is 11.8. The van der Waals surface area contributed by atoms with Crippen molar-refractivity contribution < 1.29 is 0 Å². The Labute approximate surface area is 102 Å². The molecule has 0 heterocycles. The molecule has 1 saturated carbocycles. The smallest absolute Gasteiger partial charge is 0.0358 e. The molecule has 16 heavy (non-hydrogen) atoms.